The third-order valence-corrected chi connectivity index (χ3v) is 3.35. The minimum absolute atomic E-state index is 0.171. The molecule has 2 rings (SSSR count). The molecule has 0 saturated carbocycles. The van der Waals surface area contributed by atoms with Gasteiger partial charge in [-0.2, -0.15) is 0 Å². The maximum absolute atomic E-state index is 6.00. The van der Waals surface area contributed by atoms with Gasteiger partial charge in [0.05, 0.1) is 25.4 Å². The summed E-state index contributed by atoms with van der Waals surface area (Å²) in [6.45, 7) is 8.10. The van der Waals surface area contributed by atoms with E-state index in [1.54, 1.807) is 0 Å². The van der Waals surface area contributed by atoms with E-state index in [0.29, 0.717) is 6.54 Å². The van der Waals surface area contributed by atoms with E-state index in [4.69, 9.17) is 15.2 Å². The fraction of sp³-hybridized carbons (Fsp3) is 0.600. The number of para-hydroxylation sites is 1. The van der Waals surface area contributed by atoms with E-state index in [1.165, 1.54) is 5.56 Å². The van der Waals surface area contributed by atoms with Crippen molar-refractivity contribution in [3.05, 3.63) is 29.8 Å². The number of nitrogens with two attached hydrogens (primary N) is 1. The summed E-state index contributed by atoms with van der Waals surface area (Å²) in [5.41, 5.74) is 7.18. The SMILES string of the molecule is CC(C)Oc1ccccc1C(CN)N1CCOCC1. The lowest BCUT2D eigenvalue weighted by Gasteiger charge is -2.34. The summed E-state index contributed by atoms with van der Waals surface area (Å²) in [6, 6.07) is 8.40. The molecule has 106 valence electrons. The summed E-state index contributed by atoms with van der Waals surface area (Å²) in [5.74, 6) is 0.944. The summed E-state index contributed by atoms with van der Waals surface area (Å²) in [5, 5.41) is 0. The molecule has 2 N–H and O–H groups in total. The summed E-state index contributed by atoms with van der Waals surface area (Å²) in [6.07, 6.45) is 0.171. The van der Waals surface area contributed by atoms with Gasteiger partial charge in [-0.15, -0.1) is 0 Å². The van der Waals surface area contributed by atoms with Crippen LogP contribution in [0, 0.1) is 0 Å². The number of nitrogens with zero attached hydrogens (tertiary/aromatic N) is 1. The number of hydrogen-bond donors (Lipinski definition) is 1. The lowest BCUT2D eigenvalue weighted by molar-refractivity contribution is 0.0171. The molecule has 1 heterocycles. The van der Waals surface area contributed by atoms with Crippen LogP contribution in [0.25, 0.3) is 0 Å². The Hall–Kier alpha value is -1.10. The molecule has 1 saturated heterocycles. The lowest BCUT2D eigenvalue weighted by atomic mass is 10.0. The van der Waals surface area contributed by atoms with Crippen molar-refractivity contribution in [3.63, 3.8) is 0 Å². The van der Waals surface area contributed by atoms with E-state index < -0.39 is 0 Å². The Morgan fingerprint density at radius 3 is 2.58 bits per heavy atom. The highest BCUT2D eigenvalue weighted by Crippen LogP contribution is 2.29. The zero-order chi connectivity index (χ0) is 13.7. The van der Waals surface area contributed by atoms with E-state index in [-0.39, 0.29) is 12.1 Å². The van der Waals surface area contributed by atoms with Crippen molar-refractivity contribution < 1.29 is 9.47 Å². The fourth-order valence-electron chi connectivity index (χ4n) is 2.48. The number of benzene rings is 1. The first kappa shape index (κ1) is 14.3. The van der Waals surface area contributed by atoms with E-state index >= 15 is 0 Å². The smallest absolute Gasteiger partial charge is 0.124 e. The maximum Gasteiger partial charge on any atom is 0.124 e. The van der Waals surface area contributed by atoms with Crippen LogP contribution in [0.2, 0.25) is 0 Å². The predicted octanol–water partition coefficient (Wildman–Crippen LogP) is 1.81. The Labute approximate surface area is 115 Å². The van der Waals surface area contributed by atoms with Gasteiger partial charge in [0.2, 0.25) is 0 Å². The van der Waals surface area contributed by atoms with Crippen LogP contribution in [0.1, 0.15) is 25.5 Å². The molecule has 1 aromatic carbocycles. The van der Waals surface area contributed by atoms with Gasteiger partial charge in [-0.05, 0) is 19.9 Å². The van der Waals surface area contributed by atoms with E-state index in [1.807, 2.05) is 32.0 Å². The Kier molecular flexibility index (Phi) is 5.19. The van der Waals surface area contributed by atoms with E-state index in [9.17, 15) is 0 Å². The van der Waals surface area contributed by atoms with Gasteiger partial charge in [-0.3, -0.25) is 4.90 Å². The molecule has 0 aromatic heterocycles. The minimum atomic E-state index is 0.171. The molecule has 1 aliphatic rings. The Morgan fingerprint density at radius 2 is 1.95 bits per heavy atom. The maximum atomic E-state index is 6.00. The zero-order valence-corrected chi connectivity index (χ0v) is 11.8. The first-order valence-electron chi connectivity index (χ1n) is 7.00. The van der Waals surface area contributed by atoms with Crippen molar-refractivity contribution in [3.8, 4) is 5.75 Å². The molecule has 1 atom stereocenters. The molecule has 19 heavy (non-hydrogen) atoms. The Morgan fingerprint density at radius 1 is 1.26 bits per heavy atom. The van der Waals surface area contributed by atoms with E-state index in [2.05, 4.69) is 11.0 Å². The first-order valence-corrected chi connectivity index (χ1v) is 7.00. The molecular weight excluding hydrogens is 240 g/mol. The summed E-state index contributed by atoms with van der Waals surface area (Å²) >= 11 is 0. The van der Waals surface area contributed by atoms with Crippen LogP contribution >= 0.6 is 0 Å². The lowest BCUT2D eigenvalue weighted by Crippen LogP contribution is -2.42. The molecule has 1 fully saturated rings. The van der Waals surface area contributed by atoms with E-state index in [0.717, 1.165) is 32.1 Å². The van der Waals surface area contributed by atoms with Gasteiger partial charge < -0.3 is 15.2 Å². The van der Waals surface area contributed by atoms with Crippen LogP contribution in [0.3, 0.4) is 0 Å². The summed E-state index contributed by atoms with van der Waals surface area (Å²) in [7, 11) is 0. The average Bonchev–Trinajstić information content (AvgIpc) is 2.42. The van der Waals surface area contributed by atoms with Crippen molar-refractivity contribution in [2.24, 2.45) is 5.73 Å². The quantitative estimate of drug-likeness (QED) is 0.881. The highest BCUT2D eigenvalue weighted by atomic mass is 16.5. The predicted molar refractivity (Wildman–Crippen MR) is 76.4 cm³/mol. The van der Waals surface area contributed by atoms with Gasteiger partial charge in [-0.1, -0.05) is 18.2 Å². The number of ether oxygens (including phenoxy) is 2. The standard InChI is InChI=1S/C15H24N2O2/c1-12(2)19-15-6-4-3-5-13(15)14(11-16)17-7-9-18-10-8-17/h3-6,12,14H,7-11,16H2,1-2H3. The molecule has 1 unspecified atom stereocenters. The fourth-order valence-corrected chi connectivity index (χ4v) is 2.48. The van der Waals surface area contributed by atoms with Crippen molar-refractivity contribution >= 4 is 0 Å². The van der Waals surface area contributed by atoms with Crippen LogP contribution in [-0.2, 0) is 4.74 Å². The van der Waals surface area contributed by atoms with Crippen LogP contribution in [0.15, 0.2) is 24.3 Å². The zero-order valence-electron chi connectivity index (χ0n) is 11.8. The highest BCUT2D eigenvalue weighted by molar-refractivity contribution is 5.36. The van der Waals surface area contributed by atoms with Gasteiger partial charge >= 0.3 is 0 Å². The van der Waals surface area contributed by atoms with Crippen LogP contribution in [0.5, 0.6) is 5.75 Å². The molecular formula is C15H24N2O2. The molecule has 1 aliphatic heterocycles. The molecule has 1 aromatic rings. The summed E-state index contributed by atoms with van der Waals surface area (Å²) in [4.78, 5) is 2.38. The highest BCUT2D eigenvalue weighted by Gasteiger charge is 2.24. The third-order valence-electron chi connectivity index (χ3n) is 3.35. The van der Waals surface area contributed by atoms with Crippen molar-refractivity contribution in [2.45, 2.75) is 26.0 Å². The number of hydrogen-bond acceptors (Lipinski definition) is 4. The Balaban J connectivity index is 2.21. The average molecular weight is 264 g/mol. The second kappa shape index (κ2) is 6.89. The summed E-state index contributed by atoms with van der Waals surface area (Å²) < 4.78 is 11.3. The molecule has 4 nitrogen and oxygen atoms in total. The minimum Gasteiger partial charge on any atom is -0.491 e. The van der Waals surface area contributed by atoms with Crippen molar-refractivity contribution in [1.82, 2.24) is 4.90 Å². The van der Waals surface area contributed by atoms with Crippen LogP contribution in [0.4, 0.5) is 0 Å². The largest absolute Gasteiger partial charge is 0.491 e. The van der Waals surface area contributed by atoms with Crippen molar-refractivity contribution in [2.75, 3.05) is 32.8 Å². The van der Waals surface area contributed by atoms with Gasteiger partial charge in [0.25, 0.3) is 0 Å². The third kappa shape index (κ3) is 3.69. The van der Waals surface area contributed by atoms with Crippen LogP contribution in [-0.4, -0.2) is 43.9 Å². The van der Waals surface area contributed by atoms with Gasteiger partial charge in [0.1, 0.15) is 5.75 Å². The first-order chi connectivity index (χ1) is 9.22. The number of rotatable bonds is 5. The van der Waals surface area contributed by atoms with Gasteiger partial charge in [-0.25, -0.2) is 0 Å². The molecule has 0 aliphatic carbocycles. The Bertz CT molecular complexity index is 389. The molecule has 4 heteroatoms. The molecule has 0 spiro atoms. The second-order valence-corrected chi connectivity index (χ2v) is 5.10. The van der Waals surface area contributed by atoms with Gasteiger partial charge in [0.15, 0.2) is 0 Å². The topological polar surface area (TPSA) is 47.7 Å². The van der Waals surface area contributed by atoms with Gasteiger partial charge in [0, 0.05) is 25.2 Å². The normalized spacial score (nSPS) is 18.5. The molecule has 0 bridgehead atoms. The second-order valence-electron chi connectivity index (χ2n) is 5.10. The van der Waals surface area contributed by atoms with Crippen molar-refractivity contribution in [1.29, 1.82) is 0 Å². The molecule has 0 radical (unpaired) electrons. The van der Waals surface area contributed by atoms with Crippen LogP contribution < -0.4 is 10.5 Å². The monoisotopic (exact) mass is 264 g/mol. The number of morpholine rings is 1. The molecule has 0 amide bonds.